The van der Waals surface area contributed by atoms with Gasteiger partial charge in [-0.1, -0.05) is 6.07 Å². The maximum Gasteiger partial charge on any atom is 0.188 e. The molecule has 3 aliphatic rings. The molecule has 30 heavy (non-hydrogen) atoms. The van der Waals surface area contributed by atoms with Crippen LogP contribution in [0, 0.1) is 11.2 Å². The van der Waals surface area contributed by atoms with Crippen molar-refractivity contribution in [2.24, 2.45) is 5.41 Å². The Balaban J connectivity index is 1.35. The van der Waals surface area contributed by atoms with Gasteiger partial charge < -0.3 is 15.0 Å². The molecule has 0 atom stereocenters. The Kier molecular flexibility index (Phi) is 3.99. The largest absolute Gasteiger partial charge is 0.451 e. The molecule has 6 nitrogen and oxygen atoms in total. The summed E-state index contributed by atoms with van der Waals surface area (Å²) in [5, 5.41) is 3.35. The van der Waals surface area contributed by atoms with Crippen molar-refractivity contribution >= 4 is 5.82 Å². The molecule has 0 radical (unpaired) electrons. The molecule has 4 heterocycles. The van der Waals surface area contributed by atoms with Crippen LogP contribution in [0.2, 0.25) is 0 Å². The monoisotopic (exact) mass is 403 g/mol. The Bertz CT molecular complexity index is 1100. The highest BCUT2D eigenvalue weighted by Gasteiger charge is 2.48. The van der Waals surface area contributed by atoms with Gasteiger partial charge in [0.1, 0.15) is 17.9 Å². The summed E-state index contributed by atoms with van der Waals surface area (Å²) in [7, 11) is 0. The fourth-order valence-corrected chi connectivity index (χ4v) is 4.48. The Morgan fingerprint density at radius 1 is 1.07 bits per heavy atom. The van der Waals surface area contributed by atoms with Crippen LogP contribution in [-0.2, 0) is 0 Å². The fraction of sp³-hybridized carbons (Fsp3) is 0.348. The Labute approximate surface area is 174 Å². The van der Waals surface area contributed by atoms with Crippen molar-refractivity contribution < 1.29 is 9.13 Å². The summed E-state index contributed by atoms with van der Waals surface area (Å²) in [6.07, 6.45) is 7.28. The van der Waals surface area contributed by atoms with Crippen LogP contribution in [0.5, 0.6) is 11.5 Å². The molecule has 2 saturated heterocycles. The number of nitrogens with zero attached hydrogens (tertiary/aromatic N) is 4. The molecular weight excluding hydrogens is 381 g/mol. The van der Waals surface area contributed by atoms with E-state index in [1.807, 2.05) is 12.1 Å². The summed E-state index contributed by atoms with van der Waals surface area (Å²) < 4.78 is 20.5. The first-order valence-electron chi connectivity index (χ1n) is 10.4. The van der Waals surface area contributed by atoms with E-state index in [4.69, 9.17) is 4.74 Å². The summed E-state index contributed by atoms with van der Waals surface area (Å²) in [5.41, 5.74) is 3.03. The summed E-state index contributed by atoms with van der Waals surface area (Å²) in [6.45, 7) is 4.02. The number of benzene rings is 1. The molecule has 6 rings (SSSR count). The minimum absolute atomic E-state index is 0.297. The van der Waals surface area contributed by atoms with Gasteiger partial charge in [0.15, 0.2) is 11.6 Å². The number of nitrogens with one attached hydrogen (secondary N) is 1. The molecular formula is C23H22FN5O. The van der Waals surface area contributed by atoms with E-state index >= 15 is 0 Å². The van der Waals surface area contributed by atoms with Gasteiger partial charge in [0, 0.05) is 54.8 Å². The number of pyridine rings is 1. The molecule has 152 valence electrons. The van der Waals surface area contributed by atoms with Crippen molar-refractivity contribution in [2.75, 3.05) is 31.1 Å². The highest BCUT2D eigenvalue weighted by Crippen LogP contribution is 2.46. The second kappa shape index (κ2) is 6.74. The second-order valence-electron chi connectivity index (χ2n) is 8.62. The number of rotatable bonds is 5. The smallest absolute Gasteiger partial charge is 0.188 e. The number of halogens is 1. The summed E-state index contributed by atoms with van der Waals surface area (Å²) in [5.74, 6) is 2.11. The lowest BCUT2D eigenvalue weighted by molar-refractivity contribution is 0.120. The first-order chi connectivity index (χ1) is 14.7. The van der Waals surface area contributed by atoms with Crippen molar-refractivity contribution in [3.8, 4) is 22.6 Å². The van der Waals surface area contributed by atoms with Gasteiger partial charge in [-0.05, 0) is 37.1 Å². The molecule has 2 aliphatic heterocycles. The Hall–Kier alpha value is -3.06. The summed E-state index contributed by atoms with van der Waals surface area (Å²) in [4.78, 5) is 15.4. The van der Waals surface area contributed by atoms with Crippen molar-refractivity contribution in [3.05, 3.63) is 60.6 Å². The van der Waals surface area contributed by atoms with E-state index in [2.05, 4.69) is 25.2 Å². The lowest BCUT2D eigenvalue weighted by Crippen LogP contribution is -2.71. The zero-order chi connectivity index (χ0) is 20.1. The highest BCUT2D eigenvalue weighted by molar-refractivity contribution is 5.74. The van der Waals surface area contributed by atoms with Crippen LogP contribution in [0.1, 0.15) is 24.5 Å². The third-order valence-electron chi connectivity index (χ3n) is 6.27. The van der Waals surface area contributed by atoms with Crippen molar-refractivity contribution in [3.63, 3.8) is 0 Å². The minimum Gasteiger partial charge on any atom is -0.451 e. The van der Waals surface area contributed by atoms with Gasteiger partial charge in [-0.3, -0.25) is 4.98 Å². The first kappa shape index (κ1) is 17.8. The molecule has 1 N–H and O–H groups in total. The van der Waals surface area contributed by atoms with Crippen LogP contribution in [0.3, 0.4) is 0 Å². The van der Waals surface area contributed by atoms with Crippen LogP contribution < -0.4 is 15.0 Å². The zero-order valence-corrected chi connectivity index (χ0v) is 16.5. The Morgan fingerprint density at radius 2 is 1.93 bits per heavy atom. The van der Waals surface area contributed by atoms with Crippen LogP contribution >= 0.6 is 0 Å². The maximum absolute atomic E-state index is 14.2. The van der Waals surface area contributed by atoms with E-state index in [0.29, 0.717) is 28.4 Å². The number of hydrogen-bond donors (Lipinski definition) is 1. The number of anilines is 1. The van der Waals surface area contributed by atoms with Crippen molar-refractivity contribution in [1.82, 2.24) is 20.3 Å². The molecule has 7 heteroatoms. The highest BCUT2D eigenvalue weighted by atomic mass is 19.1. The molecule has 1 aliphatic carbocycles. The standard InChI is InChI=1S/C23H22FN5O/c24-16-5-6-19(18(8-16)17-2-1-7-27-21(17)15-3-4-15)30-20-9-25-14-28-22(20)29-12-23(13-29)10-26-11-23/h1-2,5-9,14-15,26H,3-4,10-13H2. The number of hydrogen-bond acceptors (Lipinski definition) is 6. The van der Waals surface area contributed by atoms with Gasteiger partial charge in [0.2, 0.25) is 0 Å². The molecule has 1 aromatic carbocycles. The predicted molar refractivity (Wildman–Crippen MR) is 111 cm³/mol. The SMILES string of the molecule is Fc1ccc(Oc2cncnc2N2CC3(CNC3)C2)c(-c2cccnc2C2CC2)c1. The average molecular weight is 403 g/mol. The quantitative estimate of drug-likeness (QED) is 0.700. The van der Waals surface area contributed by atoms with Crippen LogP contribution in [0.25, 0.3) is 11.1 Å². The van der Waals surface area contributed by atoms with Gasteiger partial charge >= 0.3 is 0 Å². The zero-order valence-electron chi connectivity index (χ0n) is 16.5. The third-order valence-corrected chi connectivity index (χ3v) is 6.27. The van der Waals surface area contributed by atoms with Crippen molar-refractivity contribution in [1.29, 1.82) is 0 Å². The maximum atomic E-state index is 14.2. The van der Waals surface area contributed by atoms with E-state index in [1.54, 1.807) is 24.8 Å². The molecule has 1 saturated carbocycles. The van der Waals surface area contributed by atoms with E-state index in [0.717, 1.165) is 56.1 Å². The van der Waals surface area contributed by atoms with Gasteiger partial charge in [-0.2, -0.15) is 0 Å². The minimum atomic E-state index is -0.297. The first-order valence-corrected chi connectivity index (χ1v) is 10.4. The molecule has 3 fully saturated rings. The van der Waals surface area contributed by atoms with E-state index in [-0.39, 0.29) is 5.82 Å². The molecule has 3 aromatic rings. The molecule has 2 aromatic heterocycles. The van der Waals surface area contributed by atoms with Crippen LogP contribution in [0.15, 0.2) is 49.1 Å². The Morgan fingerprint density at radius 3 is 2.70 bits per heavy atom. The van der Waals surface area contributed by atoms with E-state index < -0.39 is 0 Å². The summed E-state index contributed by atoms with van der Waals surface area (Å²) >= 11 is 0. The lowest BCUT2D eigenvalue weighted by atomic mass is 9.74. The van der Waals surface area contributed by atoms with Gasteiger partial charge in [0.05, 0.1) is 11.9 Å². The summed E-state index contributed by atoms with van der Waals surface area (Å²) in [6, 6.07) is 8.51. The second-order valence-corrected chi connectivity index (χ2v) is 8.62. The molecule has 0 unspecified atom stereocenters. The fourth-order valence-electron chi connectivity index (χ4n) is 4.48. The molecule has 1 spiro atoms. The normalized spacial score (nSPS) is 19.3. The number of ether oxygens (including phenoxy) is 1. The van der Waals surface area contributed by atoms with Gasteiger partial charge in [-0.15, -0.1) is 0 Å². The number of aromatic nitrogens is 3. The lowest BCUT2D eigenvalue weighted by Gasteiger charge is -2.56. The molecule has 0 bridgehead atoms. The van der Waals surface area contributed by atoms with Crippen LogP contribution in [0.4, 0.5) is 10.2 Å². The third kappa shape index (κ3) is 3.01. The molecule has 0 amide bonds. The van der Waals surface area contributed by atoms with E-state index in [9.17, 15) is 4.39 Å². The van der Waals surface area contributed by atoms with Crippen molar-refractivity contribution in [2.45, 2.75) is 18.8 Å². The topological polar surface area (TPSA) is 63.2 Å². The van der Waals surface area contributed by atoms with E-state index in [1.165, 1.54) is 12.1 Å². The van der Waals surface area contributed by atoms with Gasteiger partial charge in [0.25, 0.3) is 0 Å². The van der Waals surface area contributed by atoms with Gasteiger partial charge in [-0.25, -0.2) is 14.4 Å². The van der Waals surface area contributed by atoms with Crippen LogP contribution in [-0.4, -0.2) is 41.1 Å². The predicted octanol–water partition coefficient (Wildman–Crippen LogP) is 3.76. The average Bonchev–Trinajstić information content (AvgIpc) is 3.54.